The molecular formula is C17H27N5OS. The van der Waals surface area contributed by atoms with E-state index < -0.39 is 0 Å². The van der Waals surface area contributed by atoms with Gasteiger partial charge in [-0.1, -0.05) is 6.92 Å². The Labute approximate surface area is 147 Å². The molecule has 1 fully saturated rings. The molecule has 1 saturated heterocycles. The maximum Gasteiger partial charge on any atom is 0.223 e. The highest BCUT2D eigenvalue weighted by Crippen LogP contribution is 2.24. The maximum absolute atomic E-state index is 11.1. The zero-order valence-corrected chi connectivity index (χ0v) is 15.4. The number of hydrazone groups is 1. The summed E-state index contributed by atoms with van der Waals surface area (Å²) in [7, 11) is 0. The third kappa shape index (κ3) is 4.77. The van der Waals surface area contributed by atoms with Gasteiger partial charge < -0.3 is 5.32 Å². The molecule has 2 unspecified atom stereocenters. The van der Waals surface area contributed by atoms with Crippen molar-refractivity contribution in [1.29, 1.82) is 0 Å². The Morgan fingerprint density at radius 1 is 1.46 bits per heavy atom. The number of nitrogens with one attached hydrogen (secondary N) is 1. The Balaban J connectivity index is 1.48. The first-order valence-electron chi connectivity index (χ1n) is 8.86. The summed E-state index contributed by atoms with van der Waals surface area (Å²) >= 11 is 1.57. The van der Waals surface area contributed by atoms with Gasteiger partial charge in [-0.3, -0.25) is 14.7 Å². The second kappa shape index (κ2) is 8.07. The highest BCUT2D eigenvalue weighted by atomic mass is 32.1. The third-order valence-corrected chi connectivity index (χ3v) is 5.60. The molecule has 0 spiro atoms. The Hall–Kier alpha value is -1.47. The number of nitrogens with zero attached hydrogens (tertiary/aromatic N) is 4. The average Bonchev–Trinajstić information content (AvgIpc) is 3.16. The summed E-state index contributed by atoms with van der Waals surface area (Å²) in [5.41, 5.74) is 0. The van der Waals surface area contributed by atoms with Crippen molar-refractivity contribution in [3.63, 3.8) is 0 Å². The third-order valence-electron chi connectivity index (χ3n) is 4.70. The van der Waals surface area contributed by atoms with E-state index in [1.54, 1.807) is 11.3 Å². The molecule has 6 nitrogen and oxygen atoms in total. The lowest BCUT2D eigenvalue weighted by molar-refractivity contribution is -0.114. The minimum Gasteiger partial charge on any atom is -0.302 e. The summed E-state index contributed by atoms with van der Waals surface area (Å²) in [6.45, 7) is 9.09. The highest BCUT2D eigenvalue weighted by Gasteiger charge is 2.24. The first-order valence-corrected chi connectivity index (χ1v) is 9.67. The van der Waals surface area contributed by atoms with Crippen LogP contribution in [0, 0.1) is 11.8 Å². The Morgan fingerprint density at radius 3 is 3.08 bits per heavy atom. The second-order valence-electron chi connectivity index (χ2n) is 6.86. The lowest BCUT2D eigenvalue weighted by Gasteiger charge is -2.34. The molecule has 0 aliphatic carbocycles. The van der Waals surface area contributed by atoms with E-state index in [2.05, 4.69) is 38.4 Å². The standard InChI is InChI=1S/C17H27N5OS/c1-3-14-7-19-22(10-14)11-15-5-4-6-21(9-15)12-16-8-18-17(24-16)20-13(2)23/h7-8,14-15H,3-6,9-12H2,1-2H3,(H,18,20,23). The smallest absolute Gasteiger partial charge is 0.223 e. The number of thiazole rings is 1. The van der Waals surface area contributed by atoms with Crippen LogP contribution in [0.3, 0.4) is 0 Å². The molecule has 1 amide bonds. The van der Waals surface area contributed by atoms with Gasteiger partial charge >= 0.3 is 0 Å². The summed E-state index contributed by atoms with van der Waals surface area (Å²) in [6, 6.07) is 0. The monoisotopic (exact) mass is 349 g/mol. The van der Waals surface area contributed by atoms with Crippen LogP contribution in [0.2, 0.25) is 0 Å². The molecule has 1 aromatic rings. The molecule has 7 heteroatoms. The fourth-order valence-corrected chi connectivity index (χ4v) is 4.36. The van der Waals surface area contributed by atoms with E-state index in [1.165, 1.54) is 31.1 Å². The number of carbonyl (C=O) groups is 1. The van der Waals surface area contributed by atoms with Crippen molar-refractivity contribution >= 4 is 28.6 Å². The van der Waals surface area contributed by atoms with E-state index in [0.717, 1.165) is 32.7 Å². The van der Waals surface area contributed by atoms with Gasteiger partial charge in [0, 0.05) is 56.3 Å². The molecule has 1 aromatic heterocycles. The van der Waals surface area contributed by atoms with Crippen LogP contribution in [0.4, 0.5) is 5.13 Å². The van der Waals surface area contributed by atoms with Crippen LogP contribution in [-0.4, -0.2) is 53.2 Å². The molecule has 3 heterocycles. The van der Waals surface area contributed by atoms with Crippen LogP contribution >= 0.6 is 11.3 Å². The highest BCUT2D eigenvalue weighted by molar-refractivity contribution is 7.15. The van der Waals surface area contributed by atoms with Crippen molar-refractivity contribution in [2.45, 2.75) is 39.7 Å². The lowest BCUT2D eigenvalue weighted by Crippen LogP contribution is -2.39. The van der Waals surface area contributed by atoms with Crippen LogP contribution in [-0.2, 0) is 11.3 Å². The fraction of sp³-hybridized carbons (Fsp3) is 0.706. The number of amides is 1. The molecule has 2 aliphatic heterocycles. The van der Waals surface area contributed by atoms with E-state index >= 15 is 0 Å². The van der Waals surface area contributed by atoms with Crippen molar-refractivity contribution in [3.8, 4) is 0 Å². The predicted molar refractivity (Wildman–Crippen MR) is 98.3 cm³/mol. The topological polar surface area (TPSA) is 60.8 Å². The van der Waals surface area contributed by atoms with Gasteiger partial charge in [-0.05, 0) is 31.7 Å². The van der Waals surface area contributed by atoms with Gasteiger partial charge in [-0.2, -0.15) is 5.10 Å². The Morgan fingerprint density at radius 2 is 2.33 bits per heavy atom. The molecule has 0 saturated carbocycles. The molecule has 2 atom stereocenters. The molecular weight excluding hydrogens is 322 g/mol. The number of anilines is 1. The molecule has 1 N–H and O–H groups in total. The summed E-state index contributed by atoms with van der Waals surface area (Å²) < 4.78 is 0. The van der Waals surface area contributed by atoms with Gasteiger partial charge in [-0.15, -0.1) is 11.3 Å². The molecule has 0 aromatic carbocycles. The number of likely N-dealkylation sites (tertiary alicyclic amines) is 1. The van der Waals surface area contributed by atoms with E-state index in [0.29, 0.717) is 17.0 Å². The fourth-order valence-electron chi connectivity index (χ4n) is 3.46. The summed E-state index contributed by atoms with van der Waals surface area (Å²) in [4.78, 5) is 19.1. The van der Waals surface area contributed by atoms with E-state index in [1.807, 2.05) is 6.20 Å². The molecule has 24 heavy (non-hydrogen) atoms. The van der Waals surface area contributed by atoms with Gasteiger partial charge in [0.25, 0.3) is 0 Å². The molecule has 132 valence electrons. The minimum absolute atomic E-state index is 0.0644. The Bertz CT molecular complexity index is 587. The van der Waals surface area contributed by atoms with Gasteiger partial charge in [0.2, 0.25) is 5.91 Å². The van der Waals surface area contributed by atoms with E-state index in [4.69, 9.17) is 0 Å². The van der Waals surface area contributed by atoms with E-state index in [-0.39, 0.29) is 5.91 Å². The van der Waals surface area contributed by atoms with Gasteiger partial charge in [0.05, 0.1) is 0 Å². The molecule has 0 radical (unpaired) electrons. The lowest BCUT2D eigenvalue weighted by atomic mass is 9.97. The first kappa shape index (κ1) is 17.4. The average molecular weight is 350 g/mol. The molecule has 2 aliphatic rings. The van der Waals surface area contributed by atoms with Crippen LogP contribution < -0.4 is 5.32 Å². The van der Waals surface area contributed by atoms with Crippen molar-refractivity contribution in [2.24, 2.45) is 16.9 Å². The van der Waals surface area contributed by atoms with Crippen LogP contribution in [0.5, 0.6) is 0 Å². The Kier molecular flexibility index (Phi) is 5.84. The number of hydrogen-bond acceptors (Lipinski definition) is 6. The summed E-state index contributed by atoms with van der Waals surface area (Å²) in [5, 5.41) is 10.3. The quantitative estimate of drug-likeness (QED) is 0.858. The normalized spacial score (nSPS) is 24.5. The number of carbonyl (C=O) groups excluding carboxylic acids is 1. The van der Waals surface area contributed by atoms with Crippen LogP contribution in [0.25, 0.3) is 0 Å². The largest absolute Gasteiger partial charge is 0.302 e. The zero-order chi connectivity index (χ0) is 16.9. The summed E-state index contributed by atoms with van der Waals surface area (Å²) in [5.74, 6) is 1.26. The van der Waals surface area contributed by atoms with Crippen molar-refractivity contribution < 1.29 is 4.79 Å². The van der Waals surface area contributed by atoms with Crippen LogP contribution in [0.15, 0.2) is 11.3 Å². The van der Waals surface area contributed by atoms with Crippen molar-refractivity contribution in [2.75, 3.05) is 31.5 Å². The second-order valence-corrected chi connectivity index (χ2v) is 7.98. The number of hydrogen-bond donors (Lipinski definition) is 1. The first-order chi connectivity index (χ1) is 11.6. The van der Waals surface area contributed by atoms with Crippen molar-refractivity contribution in [1.82, 2.24) is 14.9 Å². The SMILES string of the molecule is CCC1C=NN(CC2CCCN(Cc3cnc(NC(C)=O)s3)C2)C1. The van der Waals surface area contributed by atoms with Gasteiger partial charge in [-0.25, -0.2) is 4.98 Å². The van der Waals surface area contributed by atoms with E-state index in [9.17, 15) is 4.79 Å². The van der Waals surface area contributed by atoms with Gasteiger partial charge in [0.1, 0.15) is 0 Å². The molecule has 3 rings (SSSR count). The number of aromatic nitrogens is 1. The predicted octanol–water partition coefficient (Wildman–Crippen LogP) is 2.64. The van der Waals surface area contributed by atoms with Crippen LogP contribution in [0.1, 0.15) is 38.0 Å². The number of piperidine rings is 1. The minimum atomic E-state index is -0.0644. The summed E-state index contributed by atoms with van der Waals surface area (Å²) in [6.07, 6.45) is 7.71. The maximum atomic E-state index is 11.1. The van der Waals surface area contributed by atoms with Crippen molar-refractivity contribution in [3.05, 3.63) is 11.1 Å². The van der Waals surface area contributed by atoms with Gasteiger partial charge in [0.15, 0.2) is 5.13 Å². The number of rotatable bonds is 6. The zero-order valence-electron chi connectivity index (χ0n) is 14.6. The molecule has 0 bridgehead atoms.